The maximum atomic E-state index is 9.08. The van der Waals surface area contributed by atoms with Crippen molar-refractivity contribution in [1.29, 1.82) is 0 Å². The van der Waals surface area contributed by atoms with Gasteiger partial charge in [-0.2, -0.15) is 0 Å². The minimum Gasteiger partial charge on any atom is -0.251 e. The molecule has 0 saturated heterocycles. The van der Waals surface area contributed by atoms with Gasteiger partial charge in [-0.3, -0.25) is 5.26 Å². The monoisotopic (exact) mass is 206 g/mol. The second kappa shape index (κ2) is 4.33. The fourth-order valence-electron chi connectivity index (χ4n) is 2.33. The molecule has 1 aromatic carbocycles. The SMILES string of the molecule is CCCCC1CC1(OO)c1ccccc1. The highest BCUT2D eigenvalue weighted by atomic mass is 17.1. The number of benzene rings is 1. The van der Waals surface area contributed by atoms with Gasteiger partial charge in [-0.05, 0) is 24.3 Å². The van der Waals surface area contributed by atoms with Crippen molar-refractivity contribution in [3.05, 3.63) is 35.9 Å². The molecule has 2 nitrogen and oxygen atoms in total. The predicted octanol–water partition coefficient (Wildman–Crippen LogP) is 3.58. The molecule has 15 heavy (non-hydrogen) atoms. The van der Waals surface area contributed by atoms with E-state index in [1.807, 2.05) is 30.3 Å². The molecular formula is C13H18O2. The molecule has 0 heterocycles. The quantitative estimate of drug-likeness (QED) is 0.589. The molecule has 1 saturated carbocycles. The second-order valence-corrected chi connectivity index (χ2v) is 4.39. The van der Waals surface area contributed by atoms with Crippen LogP contribution in [0, 0.1) is 5.92 Å². The number of hydrogen-bond acceptors (Lipinski definition) is 2. The average molecular weight is 206 g/mol. The third-order valence-corrected chi connectivity index (χ3v) is 3.38. The van der Waals surface area contributed by atoms with Crippen molar-refractivity contribution in [1.82, 2.24) is 0 Å². The molecular weight excluding hydrogens is 188 g/mol. The normalized spacial score (nSPS) is 29.1. The maximum absolute atomic E-state index is 9.08. The second-order valence-electron chi connectivity index (χ2n) is 4.39. The van der Waals surface area contributed by atoms with Gasteiger partial charge in [0.15, 0.2) is 0 Å². The lowest BCUT2D eigenvalue weighted by molar-refractivity contribution is -0.300. The van der Waals surface area contributed by atoms with E-state index in [1.165, 1.54) is 12.8 Å². The van der Waals surface area contributed by atoms with Gasteiger partial charge in [0.2, 0.25) is 0 Å². The van der Waals surface area contributed by atoms with E-state index in [0.717, 1.165) is 18.4 Å². The van der Waals surface area contributed by atoms with Gasteiger partial charge in [0.25, 0.3) is 0 Å². The Bertz CT molecular complexity index is 310. The van der Waals surface area contributed by atoms with Crippen LogP contribution in [0.4, 0.5) is 0 Å². The third kappa shape index (κ3) is 1.92. The number of hydrogen-bond donors (Lipinski definition) is 1. The van der Waals surface area contributed by atoms with Crippen molar-refractivity contribution >= 4 is 0 Å². The van der Waals surface area contributed by atoms with Gasteiger partial charge in [0.1, 0.15) is 5.60 Å². The first-order chi connectivity index (χ1) is 7.33. The Kier molecular flexibility index (Phi) is 3.08. The standard InChI is InChI=1S/C13H18O2/c1-2-3-7-12-10-13(12,15-14)11-8-5-4-6-9-11/h4-6,8-9,12,14H,2-3,7,10H2,1H3. The molecule has 0 bridgehead atoms. The van der Waals surface area contributed by atoms with Crippen LogP contribution in [0.2, 0.25) is 0 Å². The zero-order chi connectivity index (χ0) is 10.7. The molecule has 82 valence electrons. The molecule has 2 rings (SSSR count). The molecule has 1 aromatic rings. The molecule has 2 heteroatoms. The van der Waals surface area contributed by atoms with Crippen LogP contribution in [0.15, 0.2) is 30.3 Å². The van der Waals surface area contributed by atoms with Crippen molar-refractivity contribution in [2.75, 3.05) is 0 Å². The van der Waals surface area contributed by atoms with Crippen LogP contribution in [0.3, 0.4) is 0 Å². The minimum absolute atomic E-state index is 0.392. The zero-order valence-corrected chi connectivity index (χ0v) is 9.15. The van der Waals surface area contributed by atoms with E-state index in [-0.39, 0.29) is 0 Å². The van der Waals surface area contributed by atoms with E-state index in [4.69, 9.17) is 10.1 Å². The molecule has 1 aliphatic carbocycles. The van der Waals surface area contributed by atoms with E-state index in [0.29, 0.717) is 5.92 Å². The van der Waals surface area contributed by atoms with E-state index >= 15 is 0 Å². The number of unbranched alkanes of at least 4 members (excludes halogenated alkanes) is 1. The largest absolute Gasteiger partial charge is 0.251 e. The van der Waals surface area contributed by atoms with Crippen molar-refractivity contribution in [2.24, 2.45) is 5.92 Å². The molecule has 0 aliphatic heterocycles. The first-order valence-electron chi connectivity index (χ1n) is 5.71. The van der Waals surface area contributed by atoms with Gasteiger partial charge in [0.05, 0.1) is 0 Å². The molecule has 0 spiro atoms. The highest BCUT2D eigenvalue weighted by Gasteiger charge is 2.57. The molecule has 1 N–H and O–H groups in total. The third-order valence-electron chi connectivity index (χ3n) is 3.38. The summed E-state index contributed by atoms with van der Waals surface area (Å²) in [6.45, 7) is 2.19. The first-order valence-corrected chi connectivity index (χ1v) is 5.71. The lowest BCUT2D eigenvalue weighted by Gasteiger charge is -2.13. The summed E-state index contributed by atoms with van der Waals surface area (Å²) in [6, 6.07) is 10.0. The van der Waals surface area contributed by atoms with Gasteiger partial charge < -0.3 is 0 Å². The molecule has 0 radical (unpaired) electrons. The molecule has 0 aromatic heterocycles. The smallest absolute Gasteiger partial charge is 0.131 e. The fourth-order valence-corrected chi connectivity index (χ4v) is 2.33. The van der Waals surface area contributed by atoms with E-state index in [2.05, 4.69) is 6.92 Å². The summed E-state index contributed by atoms with van der Waals surface area (Å²) in [7, 11) is 0. The van der Waals surface area contributed by atoms with Gasteiger partial charge in [0, 0.05) is 0 Å². The Morgan fingerprint density at radius 2 is 2.13 bits per heavy atom. The summed E-state index contributed by atoms with van der Waals surface area (Å²) in [5.74, 6) is 0.491. The Morgan fingerprint density at radius 1 is 1.40 bits per heavy atom. The van der Waals surface area contributed by atoms with Crippen LogP contribution in [-0.2, 0) is 10.5 Å². The molecule has 2 unspecified atom stereocenters. The summed E-state index contributed by atoms with van der Waals surface area (Å²) in [5.41, 5.74) is 0.713. The zero-order valence-electron chi connectivity index (χ0n) is 9.15. The van der Waals surface area contributed by atoms with Crippen molar-refractivity contribution in [3.63, 3.8) is 0 Å². The minimum atomic E-state index is -0.392. The van der Waals surface area contributed by atoms with E-state index in [9.17, 15) is 0 Å². The Labute approximate surface area is 90.8 Å². The van der Waals surface area contributed by atoms with Crippen molar-refractivity contribution in [2.45, 2.75) is 38.2 Å². The van der Waals surface area contributed by atoms with E-state index < -0.39 is 5.60 Å². The topological polar surface area (TPSA) is 29.5 Å². The maximum Gasteiger partial charge on any atom is 0.131 e. The predicted molar refractivity (Wildman–Crippen MR) is 59.5 cm³/mol. The Hall–Kier alpha value is -0.860. The molecule has 2 atom stereocenters. The van der Waals surface area contributed by atoms with Gasteiger partial charge in [-0.25, -0.2) is 4.89 Å². The van der Waals surface area contributed by atoms with Crippen LogP contribution in [0.5, 0.6) is 0 Å². The van der Waals surface area contributed by atoms with Crippen molar-refractivity contribution in [3.8, 4) is 0 Å². The summed E-state index contributed by atoms with van der Waals surface area (Å²) < 4.78 is 0. The van der Waals surface area contributed by atoms with E-state index in [1.54, 1.807) is 0 Å². The lowest BCUT2D eigenvalue weighted by Crippen LogP contribution is -2.12. The van der Waals surface area contributed by atoms with Gasteiger partial charge >= 0.3 is 0 Å². The summed E-state index contributed by atoms with van der Waals surface area (Å²) in [6.07, 6.45) is 4.51. The summed E-state index contributed by atoms with van der Waals surface area (Å²) >= 11 is 0. The molecule has 1 aliphatic rings. The van der Waals surface area contributed by atoms with Gasteiger partial charge in [-0.1, -0.05) is 50.1 Å². The molecule has 0 amide bonds. The highest BCUT2D eigenvalue weighted by molar-refractivity contribution is 5.29. The number of rotatable bonds is 5. The first kappa shape index (κ1) is 10.7. The van der Waals surface area contributed by atoms with Crippen LogP contribution in [0.25, 0.3) is 0 Å². The van der Waals surface area contributed by atoms with Crippen LogP contribution in [0.1, 0.15) is 38.2 Å². The van der Waals surface area contributed by atoms with Crippen LogP contribution < -0.4 is 0 Å². The van der Waals surface area contributed by atoms with Crippen LogP contribution in [-0.4, -0.2) is 5.26 Å². The lowest BCUT2D eigenvalue weighted by atomic mass is 10.0. The molecule has 1 fully saturated rings. The average Bonchev–Trinajstić information content (AvgIpc) is 3.03. The van der Waals surface area contributed by atoms with Gasteiger partial charge in [-0.15, -0.1) is 0 Å². The van der Waals surface area contributed by atoms with Crippen LogP contribution >= 0.6 is 0 Å². The van der Waals surface area contributed by atoms with Crippen molar-refractivity contribution < 1.29 is 10.1 Å². The summed E-state index contributed by atoms with van der Waals surface area (Å²) in [5, 5.41) is 9.08. The fraction of sp³-hybridized carbons (Fsp3) is 0.538. The Morgan fingerprint density at radius 3 is 2.73 bits per heavy atom. The highest BCUT2D eigenvalue weighted by Crippen LogP contribution is 2.56. The Balaban J connectivity index is 2.07. The summed E-state index contributed by atoms with van der Waals surface area (Å²) in [4.78, 5) is 4.74.